The van der Waals surface area contributed by atoms with Gasteiger partial charge >= 0.3 is 0 Å². The minimum absolute atomic E-state index is 0.0301. The predicted molar refractivity (Wildman–Crippen MR) is 128 cm³/mol. The number of methoxy groups -OCH3 is 1. The summed E-state index contributed by atoms with van der Waals surface area (Å²) < 4.78 is 6.11. The van der Waals surface area contributed by atoms with Crippen LogP contribution in [0.15, 0.2) is 47.2 Å². The summed E-state index contributed by atoms with van der Waals surface area (Å²) in [6.07, 6.45) is 5.52. The molecule has 1 aliphatic rings. The summed E-state index contributed by atoms with van der Waals surface area (Å²) in [7, 11) is 2.34. The average molecular weight is 415 g/mol. The summed E-state index contributed by atoms with van der Waals surface area (Å²) in [5, 5.41) is 1.13. The van der Waals surface area contributed by atoms with E-state index >= 15 is 0 Å². The van der Waals surface area contributed by atoms with Gasteiger partial charge in [0.2, 0.25) is 0 Å². The van der Waals surface area contributed by atoms with Gasteiger partial charge in [-0.2, -0.15) is 0 Å². The van der Waals surface area contributed by atoms with E-state index in [2.05, 4.69) is 67.5 Å². The molecule has 29 heavy (non-hydrogen) atoms. The fourth-order valence-corrected chi connectivity index (χ4v) is 7.30. The number of carbonyl (C=O) groups is 1. The number of aldehydes is 1. The van der Waals surface area contributed by atoms with E-state index in [1.54, 1.807) is 0 Å². The van der Waals surface area contributed by atoms with Gasteiger partial charge in [0.25, 0.3) is 0 Å². The third-order valence-corrected chi connectivity index (χ3v) is 9.04. The van der Waals surface area contributed by atoms with Crippen molar-refractivity contribution >= 4 is 20.2 Å². The highest BCUT2D eigenvalue weighted by Gasteiger charge is 2.55. The van der Waals surface area contributed by atoms with Gasteiger partial charge in [0.1, 0.15) is 5.76 Å². The molecular formula is C26H39O2P. The van der Waals surface area contributed by atoms with Gasteiger partial charge in [-0.15, -0.1) is 0 Å². The standard InChI is InChI=1S/C26H39O2P/c1-10-15-25(7,29-22-14-12-11-13-20(22)17-27)26(8)19(3)21(24(4,5)6)16-18(2)23(26)28-9/h11-14,16-17,19,29H,10,15H2,1-9H3. The van der Waals surface area contributed by atoms with Crippen LogP contribution >= 0.6 is 8.58 Å². The second-order valence-corrected chi connectivity index (χ2v) is 11.8. The predicted octanol–water partition coefficient (Wildman–Crippen LogP) is 6.91. The number of rotatable bonds is 7. The second-order valence-electron chi connectivity index (χ2n) is 9.90. The third-order valence-electron chi connectivity index (χ3n) is 7.00. The molecule has 0 fully saturated rings. The quantitative estimate of drug-likeness (QED) is 0.358. The molecule has 1 aromatic carbocycles. The van der Waals surface area contributed by atoms with Crippen molar-refractivity contribution in [1.29, 1.82) is 0 Å². The molecule has 0 spiro atoms. The molecule has 0 aromatic heterocycles. The molecule has 0 radical (unpaired) electrons. The van der Waals surface area contributed by atoms with Gasteiger partial charge in [-0.1, -0.05) is 99.4 Å². The molecule has 4 unspecified atom stereocenters. The number of ether oxygens (including phenoxy) is 1. The minimum Gasteiger partial charge on any atom is -0.500 e. The highest BCUT2D eigenvalue weighted by Crippen LogP contribution is 2.62. The lowest BCUT2D eigenvalue weighted by molar-refractivity contribution is 0.0873. The zero-order valence-corrected chi connectivity index (χ0v) is 20.8. The Bertz CT molecular complexity index is 814. The zero-order valence-electron chi connectivity index (χ0n) is 19.8. The van der Waals surface area contributed by atoms with E-state index in [1.165, 1.54) is 11.1 Å². The van der Waals surface area contributed by atoms with Gasteiger partial charge in [0, 0.05) is 16.1 Å². The maximum absolute atomic E-state index is 11.7. The van der Waals surface area contributed by atoms with Crippen LogP contribution in [-0.4, -0.2) is 18.6 Å². The Morgan fingerprint density at radius 2 is 1.83 bits per heavy atom. The number of hydrogen-bond donors (Lipinski definition) is 0. The first-order chi connectivity index (χ1) is 13.5. The molecule has 0 heterocycles. The Morgan fingerprint density at radius 3 is 2.34 bits per heavy atom. The molecule has 160 valence electrons. The van der Waals surface area contributed by atoms with E-state index in [0.29, 0.717) is 14.5 Å². The summed E-state index contributed by atoms with van der Waals surface area (Å²) in [5.74, 6) is 1.44. The molecule has 2 rings (SSSR count). The zero-order chi connectivity index (χ0) is 22.0. The maximum Gasteiger partial charge on any atom is 0.150 e. The Labute approximate surface area is 180 Å². The third kappa shape index (κ3) is 4.24. The van der Waals surface area contributed by atoms with Crippen LogP contribution in [-0.2, 0) is 4.74 Å². The molecule has 2 nitrogen and oxygen atoms in total. The van der Waals surface area contributed by atoms with Crippen molar-refractivity contribution in [3.05, 3.63) is 52.8 Å². The smallest absolute Gasteiger partial charge is 0.150 e. The van der Waals surface area contributed by atoms with Crippen LogP contribution in [0.25, 0.3) is 0 Å². The Kier molecular flexibility index (Phi) is 7.21. The molecule has 1 aromatic rings. The monoisotopic (exact) mass is 414 g/mol. The molecule has 0 N–H and O–H groups in total. The van der Waals surface area contributed by atoms with E-state index in [4.69, 9.17) is 4.74 Å². The van der Waals surface area contributed by atoms with Gasteiger partial charge in [-0.25, -0.2) is 0 Å². The summed E-state index contributed by atoms with van der Waals surface area (Å²) >= 11 is 0. The second kappa shape index (κ2) is 8.76. The molecule has 0 bridgehead atoms. The van der Waals surface area contributed by atoms with Crippen LogP contribution in [0.2, 0.25) is 0 Å². The highest BCUT2D eigenvalue weighted by molar-refractivity contribution is 7.49. The first-order valence-corrected chi connectivity index (χ1v) is 11.8. The van der Waals surface area contributed by atoms with Crippen LogP contribution in [0.3, 0.4) is 0 Å². The lowest BCUT2D eigenvalue weighted by Gasteiger charge is -2.55. The van der Waals surface area contributed by atoms with Gasteiger partial charge in [0.15, 0.2) is 6.29 Å². The summed E-state index contributed by atoms with van der Waals surface area (Å²) in [6.45, 7) is 18.5. The Balaban J connectivity index is 2.71. The molecule has 0 aliphatic heterocycles. The molecular weight excluding hydrogens is 375 g/mol. The molecule has 0 saturated heterocycles. The normalized spacial score (nSPS) is 25.1. The average Bonchev–Trinajstić information content (AvgIpc) is 2.64. The topological polar surface area (TPSA) is 26.3 Å². The molecule has 3 heteroatoms. The first kappa shape index (κ1) is 23.9. The van der Waals surface area contributed by atoms with Crippen LogP contribution in [0.1, 0.15) is 78.6 Å². The number of benzene rings is 1. The van der Waals surface area contributed by atoms with E-state index in [1.807, 2.05) is 25.3 Å². The Morgan fingerprint density at radius 1 is 1.21 bits per heavy atom. The van der Waals surface area contributed by atoms with Gasteiger partial charge < -0.3 is 4.74 Å². The Hall–Kier alpha value is -1.40. The largest absolute Gasteiger partial charge is 0.500 e. The SMILES string of the molecule is CCCC(C)(Pc1ccccc1C=O)C1(C)C(OC)=C(C)C=C(C(C)(C)C)C1C. The minimum atomic E-state index is -0.159. The summed E-state index contributed by atoms with van der Waals surface area (Å²) in [6, 6.07) is 8.06. The first-order valence-electron chi connectivity index (χ1n) is 10.8. The highest BCUT2D eigenvalue weighted by atomic mass is 31.1. The lowest BCUT2D eigenvalue weighted by Crippen LogP contribution is -2.51. The van der Waals surface area contributed by atoms with Crippen molar-refractivity contribution in [3.8, 4) is 0 Å². The van der Waals surface area contributed by atoms with Crippen molar-refractivity contribution in [2.45, 2.75) is 73.4 Å². The van der Waals surface area contributed by atoms with Crippen LogP contribution in [0.5, 0.6) is 0 Å². The number of hydrogen-bond acceptors (Lipinski definition) is 2. The molecule has 1 aliphatic carbocycles. The summed E-state index contributed by atoms with van der Waals surface area (Å²) in [4.78, 5) is 11.7. The lowest BCUT2D eigenvalue weighted by atomic mass is 9.57. The van der Waals surface area contributed by atoms with Gasteiger partial charge in [-0.05, 0) is 35.6 Å². The van der Waals surface area contributed by atoms with E-state index in [-0.39, 0.29) is 16.0 Å². The van der Waals surface area contributed by atoms with Crippen molar-refractivity contribution in [3.63, 3.8) is 0 Å². The number of carbonyl (C=O) groups excluding carboxylic acids is 1. The fraction of sp³-hybridized carbons (Fsp3) is 0.577. The fourth-order valence-electron chi connectivity index (χ4n) is 5.27. The van der Waals surface area contributed by atoms with Gasteiger partial charge in [0.05, 0.1) is 7.11 Å². The van der Waals surface area contributed by atoms with Crippen molar-refractivity contribution in [2.24, 2.45) is 16.7 Å². The van der Waals surface area contributed by atoms with Crippen LogP contribution in [0, 0.1) is 16.7 Å². The number of allylic oxidation sites excluding steroid dienone is 4. The van der Waals surface area contributed by atoms with E-state index in [9.17, 15) is 4.79 Å². The molecule has 4 atom stereocenters. The molecule has 0 saturated carbocycles. The van der Waals surface area contributed by atoms with E-state index in [0.717, 1.165) is 35.8 Å². The van der Waals surface area contributed by atoms with Crippen LogP contribution < -0.4 is 5.30 Å². The van der Waals surface area contributed by atoms with Crippen molar-refractivity contribution in [2.75, 3.05) is 7.11 Å². The van der Waals surface area contributed by atoms with Crippen molar-refractivity contribution in [1.82, 2.24) is 0 Å². The van der Waals surface area contributed by atoms with E-state index < -0.39 is 0 Å². The molecule has 0 amide bonds. The maximum atomic E-state index is 11.7. The summed E-state index contributed by atoms with van der Waals surface area (Å²) in [5.41, 5.74) is 3.46. The van der Waals surface area contributed by atoms with Gasteiger partial charge in [-0.3, -0.25) is 4.79 Å². The van der Waals surface area contributed by atoms with Crippen molar-refractivity contribution < 1.29 is 9.53 Å². The van der Waals surface area contributed by atoms with Crippen LogP contribution in [0.4, 0.5) is 0 Å².